The minimum absolute atomic E-state index is 0.681. The van der Waals surface area contributed by atoms with Gasteiger partial charge in [-0.25, -0.2) is 9.97 Å². The van der Waals surface area contributed by atoms with E-state index in [0.29, 0.717) is 5.92 Å². The molecule has 0 saturated heterocycles. The van der Waals surface area contributed by atoms with Crippen LogP contribution >= 0.6 is 0 Å². The van der Waals surface area contributed by atoms with E-state index in [1.807, 2.05) is 12.4 Å². The number of aryl methyl sites for hydroxylation is 1. The van der Waals surface area contributed by atoms with Crippen LogP contribution in [0.15, 0.2) is 12.4 Å². The maximum Gasteiger partial charge on any atom is 0.131 e. The van der Waals surface area contributed by atoms with Crippen molar-refractivity contribution in [2.24, 2.45) is 0 Å². The first kappa shape index (κ1) is 6.77. The quantitative estimate of drug-likeness (QED) is 0.640. The molecule has 1 aliphatic rings. The van der Waals surface area contributed by atoms with Gasteiger partial charge >= 0.3 is 0 Å². The molecule has 1 aromatic rings. The molecule has 1 fully saturated rings. The van der Waals surface area contributed by atoms with Gasteiger partial charge in [0.1, 0.15) is 5.82 Å². The molecule has 0 bridgehead atoms. The molecule has 0 atom stereocenters. The zero-order valence-corrected chi connectivity index (χ0v) is 6.75. The average molecular weight is 148 g/mol. The Kier molecular flexibility index (Phi) is 1.60. The van der Waals surface area contributed by atoms with E-state index in [2.05, 4.69) is 16.9 Å². The highest BCUT2D eigenvalue weighted by Crippen LogP contribution is 2.37. The first-order valence-corrected chi connectivity index (χ1v) is 4.21. The van der Waals surface area contributed by atoms with E-state index in [4.69, 9.17) is 0 Å². The highest BCUT2D eigenvalue weighted by atomic mass is 14.9. The van der Waals surface area contributed by atoms with Crippen molar-refractivity contribution >= 4 is 0 Å². The summed E-state index contributed by atoms with van der Waals surface area (Å²) in [5, 5.41) is 0. The van der Waals surface area contributed by atoms with E-state index in [1.54, 1.807) is 0 Å². The van der Waals surface area contributed by atoms with Crippen LogP contribution in [0.4, 0.5) is 0 Å². The third-order valence-corrected chi connectivity index (χ3v) is 2.08. The number of nitrogens with zero attached hydrogens (tertiary/aromatic N) is 2. The molecular weight excluding hydrogens is 136 g/mol. The Morgan fingerprint density at radius 1 is 1.36 bits per heavy atom. The van der Waals surface area contributed by atoms with Gasteiger partial charge in [-0.05, 0) is 24.8 Å². The Labute approximate surface area is 66.7 Å². The lowest BCUT2D eigenvalue weighted by Gasteiger charge is -1.96. The molecule has 0 unspecified atom stereocenters. The van der Waals surface area contributed by atoms with Crippen LogP contribution in [-0.2, 0) is 6.42 Å². The Morgan fingerprint density at radius 2 is 2.00 bits per heavy atom. The fourth-order valence-corrected chi connectivity index (χ4v) is 1.10. The summed E-state index contributed by atoms with van der Waals surface area (Å²) in [4.78, 5) is 8.60. The summed E-state index contributed by atoms with van der Waals surface area (Å²) in [6.07, 6.45) is 7.49. The van der Waals surface area contributed by atoms with Gasteiger partial charge in [0.05, 0.1) is 0 Å². The summed E-state index contributed by atoms with van der Waals surface area (Å²) in [6, 6.07) is 0. The van der Waals surface area contributed by atoms with Gasteiger partial charge in [-0.15, -0.1) is 0 Å². The summed E-state index contributed by atoms with van der Waals surface area (Å²) < 4.78 is 0. The lowest BCUT2D eigenvalue weighted by Crippen LogP contribution is -1.92. The maximum atomic E-state index is 4.30. The zero-order valence-electron chi connectivity index (χ0n) is 6.75. The van der Waals surface area contributed by atoms with Crippen LogP contribution in [0.2, 0.25) is 0 Å². The summed E-state index contributed by atoms with van der Waals surface area (Å²) in [6.45, 7) is 2.12. The van der Waals surface area contributed by atoms with E-state index in [-0.39, 0.29) is 0 Å². The minimum atomic E-state index is 0.681. The number of rotatable bonds is 2. The maximum absolute atomic E-state index is 4.30. The standard InChI is InChI=1S/C9H12N2/c1-2-7-5-10-9(11-6-7)8-3-4-8/h5-6,8H,2-4H2,1H3. The van der Waals surface area contributed by atoms with Gasteiger partial charge < -0.3 is 0 Å². The lowest BCUT2D eigenvalue weighted by molar-refractivity contribution is 0.903. The fraction of sp³-hybridized carbons (Fsp3) is 0.556. The molecule has 1 aliphatic carbocycles. The third-order valence-electron chi connectivity index (χ3n) is 2.08. The van der Waals surface area contributed by atoms with Crippen LogP contribution in [0.3, 0.4) is 0 Å². The molecule has 11 heavy (non-hydrogen) atoms. The van der Waals surface area contributed by atoms with Crippen LogP contribution in [0.1, 0.15) is 37.1 Å². The van der Waals surface area contributed by atoms with Gasteiger partial charge in [0.25, 0.3) is 0 Å². The van der Waals surface area contributed by atoms with Gasteiger partial charge in [0, 0.05) is 18.3 Å². The Morgan fingerprint density at radius 3 is 2.45 bits per heavy atom. The number of hydrogen-bond acceptors (Lipinski definition) is 2. The van der Waals surface area contributed by atoms with Gasteiger partial charge in [-0.1, -0.05) is 6.92 Å². The largest absolute Gasteiger partial charge is 0.241 e. The van der Waals surface area contributed by atoms with Crippen molar-refractivity contribution in [3.05, 3.63) is 23.8 Å². The van der Waals surface area contributed by atoms with Crippen LogP contribution in [0.5, 0.6) is 0 Å². The molecule has 0 amide bonds. The fourth-order valence-electron chi connectivity index (χ4n) is 1.10. The summed E-state index contributed by atoms with van der Waals surface area (Å²) in [5.74, 6) is 1.73. The van der Waals surface area contributed by atoms with Gasteiger partial charge in [-0.3, -0.25) is 0 Å². The number of aromatic nitrogens is 2. The molecular formula is C9H12N2. The zero-order chi connectivity index (χ0) is 7.68. The first-order valence-electron chi connectivity index (χ1n) is 4.21. The molecule has 0 aliphatic heterocycles. The molecule has 1 heterocycles. The summed E-state index contributed by atoms with van der Waals surface area (Å²) >= 11 is 0. The van der Waals surface area contributed by atoms with Crippen LogP contribution < -0.4 is 0 Å². The van der Waals surface area contributed by atoms with Crippen molar-refractivity contribution in [3.63, 3.8) is 0 Å². The van der Waals surface area contributed by atoms with Gasteiger partial charge in [-0.2, -0.15) is 0 Å². The topological polar surface area (TPSA) is 25.8 Å². The molecule has 0 N–H and O–H groups in total. The molecule has 2 nitrogen and oxygen atoms in total. The molecule has 1 aromatic heterocycles. The number of hydrogen-bond donors (Lipinski definition) is 0. The highest BCUT2D eigenvalue weighted by molar-refractivity contribution is 5.10. The summed E-state index contributed by atoms with van der Waals surface area (Å²) in [5.41, 5.74) is 1.23. The van der Waals surface area contributed by atoms with E-state index in [0.717, 1.165) is 12.2 Å². The Balaban J connectivity index is 2.19. The average Bonchev–Trinajstić information content (AvgIpc) is 2.87. The molecule has 58 valence electrons. The molecule has 0 spiro atoms. The third kappa shape index (κ3) is 1.39. The SMILES string of the molecule is CCc1cnc(C2CC2)nc1. The van der Waals surface area contributed by atoms with Gasteiger partial charge in [0.2, 0.25) is 0 Å². The highest BCUT2D eigenvalue weighted by Gasteiger charge is 2.25. The Bertz CT molecular complexity index is 236. The molecule has 0 aromatic carbocycles. The monoisotopic (exact) mass is 148 g/mol. The van der Waals surface area contributed by atoms with Crippen molar-refractivity contribution in [3.8, 4) is 0 Å². The van der Waals surface area contributed by atoms with E-state index in [1.165, 1.54) is 18.4 Å². The second-order valence-electron chi connectivity index (χ2n) is 3.08. The van der Waals surface area contributed by atoms with Crippen molar-refractivity contribution in [2.75, 3.05) is 0 Å². The summed E-state index contributed by atoms with van der Waals surface area (Å²) in [7, 11) is 0. The smallest absolute Gasteiger partial charge is 0.131 e. The van der Waals surface area contributed by atoms with Crippen molar-refractivity contribution < 1.29 is 0 Å². The van der Waals surface area contributed by atoms with Gasteiger partial charge in [0.15, 0.2) is 0 Å². The van der Waals surface area contributed by atoms with Crippen LogP contribution in [0.25, 0.3) is 0 Å². The molecule has 2 rings (SSSR count). The minimum Gasteiger partial charge on any atom is -0.241 e. The normalized spacial score (nSPS) is 16.8. The van der Waals surface area contributed by atoms with Crippen molar-refractivity contribution in [2.45, 2.75) is 32.1 Å². The second kappa shape index (κ2) is 2.61. The molecule has 1 saturated carbocycles. The van der Waals surface area contributed by atoms with Crippen molar-refractivity contribution in [1.29, 1.82) is 0 Å². The Hall–Kier alpha value is -0.920. The first-order chi connectivity index (χ1) is 5.40. The van der Waals surface area contributed by atoms with E-state index in [9.17, 15) is 0 Å². The molecule has 2 heteroatoms. The van der Waals surface area contributed by atoms with Crippen molar-refractivity contribution in [1.82, 2.24) is 9.97 Å². The van der Waals surface area contributed by atoms with E-state index < -0.39 is 0 Å². The van der Waals surface area contributed by atoms with Crippen LogP contribution in [-0.4, -0.2) is 9.97 Å². The predicted molar refractivity (Wildman–Crippen MR) is 43.4 cm³/mol. The second-order valence-corrected chi connectivity index (χ2v) is 3.08. The van der Waals surface area contributed by atoms with E-state index >= 15 is 0 Å². The predicted octanol–water partition coefficient (Wildman–Crippen LogP) is 1.92. The van der Waals surface area contributed by atoms with Crippen LogP contribution in [0, 0.1) is 0 Å². The lowest BCUT2D eigenvalue weighted by atomic mass is 10.3. The molecule has 0 radical (unpaired) electrons.